The van der Waals surface area contributed by atoms with Gasteiger partial charge in [0.1, 0.15) is 11.5 Å². The van der Waals surface area contributed by atoms with Crippen LogP contribution in [-0.2, 0) is 4.79 Å². The summed E-state index contributed by atoms with van der Waals surface area (Å²) in [4.78, 5) is 25.4. The van der Waals surface area contributed by atoms with E-state index < -0.39 is 11.9 Å². The monoisotopic (exact) mass is 460 g/mol. The average Bonchev–Trinajstić information content (AvgIpc) is 3.13. The topological polar surface area (TPSA) is 112 Å². The molecule has 0 aromatic heterocycles. The first kappa shape index (κ1) is 21.4. The van der Waals surface area contributed by atoms with E-state index in [1.807, 2.05) is 0 Å². The first-order valence-corrected chi connectivity index (χ1v) is 10.4. The van der Waals surface area contributed by atoms with E-state index in [9.17, 15) is 19.8 Å². The van der Waals surface area contributed by atoms with E-state index in [4.69, 9.17) is 18.9 Å². The highest BCUT2D eigenvalue weighted by Crippen LogP contribution is 2.49. The third kappa shape index (κ3) is 3.49. The molecule has 2 aliphatic heterocycles. The van der Waals surface area contributed by atoms with Crippen molar-refractivity contribution in [3.05, 3.63) is 76.5 Å². The zero-order valence-corrected chi connectivity index (χ0v) is 18.3. The van der Waals surface area contributed by atoms with Crippen LogP contribution in [0.2, 0.25) is 0 Å². The molecule has 3 aromatic rings. The zero-order valence-electron chi connectivity index (χ0n) is 18.3. The van der Waals surface area contributed by atoms with Gasteiger partial charge in [-0.3, -0.25) is 9.59 Å². The minimum atomic E-state index is -0.500. The number of hydrogen-bond donors (Lipinski definition) is 2. The van der Waals surface area contributed by atoms with E-state index in [-0.39, 0.29) is 29.5 Å². The van der Waals surface area contributed by atoms with E-state index in [1.165, 1.54) is 32.4 Å². The molecule has 2 heterocycles. The maximum absolute atomic E-state index is 13.1. The van der Waals surface area contributed by atoms with Crippen LogP contribution in [0.1, 0.15) is 39.4 Å². The average molecular weight is 460 g/mol. The Bertz CT molecular complexity index is 1370. The molecular formula is C26H20O8. The summed E-state index contributed by atoms with van der Waals surface area (Å²) in [5.74, 6) is -0.103. The lowest BCUT2D eigenvalue weighted by molar-refractivity contribution is -0.135. The van der Waals surface area contributed by atoms with Crippen LogP contribution in [0, 0.1) is 0 Å². The highest BCUT2D eigenvalue weighted by Gasteiger charge is 2.38. The number of carbonyl (C=O) groups excluding carboxylic acids is 2. The Hall–Kier alpha value is -4.46. The summed E-state index contributed by atoms with van der Waals surface area (Å²) in [6.45, 7) is 0. The fourth-order valence-electron chi connectivity index (χ4n) is 4.26. The van der Waals surface area contributed by atoms with Crippen LogP contribution < -0.4 is 18.9 Å². The first-order valence-electron chi connectivity index (χ1n) is 10.4. The number of phenols is 2. The predicted molar refractivity (Wildman–Crippen MR) is 121 cm³/mol. The first-order chi connectivity index (χ1) is 16.4. The molecule has 0 fully saturated rings. The summed E-state index contributed by atoms with van der Waals surface area (Å²) in [5, 5.41) is 20.3. The highest BCUT2D eigenvalue weighted by atomic mass is 16.5. The number of Topliss-reactive ketones (excluding diaryl/α,β-unsaturated/α-hetero) is 1. The molecular weight excluding hydrogens is 440 g/mol. The van der Waals surface area contributed by atoms with E-state index in [0.717, 1.165) is 0 Å². The number of ether oxygens (including phenoxy) is 4. The van der Waals surface area contributed by atoms with Gasteiger partial charge in [0.2, 0.25) is 5.78 Å². The van der Waals surface area contributed by atoms with Crippen LogP contribution in [-0.4, -0.2) is 36.2 Å². The Morgan fingerprint density at radius 2 is 1.62 bits per heavy atom. The van der Waals surface area contributed by atoms with Crippen LogP contribution in [0.25, 0.3) is 6.08 Å². The van der Waals surface area contributed by atoms with Gasteiger partial charge in [-0.2, -0.15) is 0 Å². The molecule has 0 saturated heterocycles. The van der Waals surface area contributed by atoms with Gasteiger partial charge in [0.15, 0.2) is 28.8 Å². The predicted octanol–water partition coefficient (Wildman–Crippen LogP) is 4.17. The molecule has 1 unspecified atom stereocenters. The lowest BCUT2D eigenvalue weighted by Crippen LogP contribution is -2.21. The van der Waals surface area contributed by atoms with Crippen molar-refractivity contribution in [2.45, 2.75) is 12.3 Å². The second-order valence-electron chi connectivity index (χ2n) is 7.89. The van der Waals surface area contributed by atoms with Crippen molar-refractivity contribution in [3.63, 3.8) is 0 Å². The van der Waals surface area contributed by atoms with Crippen molar-refractivity contribution >= 4 is 17.8 Å². The van der Waals surface area contributed by atoms with Crippen molar-refractivity contribution < 1.29 is 38.7 Å². The van der Waals surface area contributed by atoms with E-state index in [2.05, 4.69) is 0 Å². The number of aromatic hydroxyl groups is 2. The zero-order chi connectivity index (χ0) is 24.0. The van der Waals surface area contributed by atoms with E-state index in [0.29, 0.717) is 45.3 Å². The van der Waals surface area contributed by atoms with Gasteiger partial charge in [0, 0.05) is 11.5 Å². The van der Waals surface area contributed by atoms with E-state index in [1.54, 1.807) is 36.4 Å². The summed E-state index contributed by atoms with van der Waals surface area (Å²) >= 11 is 0. The summed E-state index contributed by atoms with van der Waals surface area (Å²) in [6.07, 6.45) is 1.54. The van der Waals surface area contributed by atoms with Crippen LogP contribution in [0.4, 0.5) is 0 Å². The number of phenolic OH excluding ortho intramolecular Hbond substituents is 2. The van der Waals surface area contributed by atoms with Crippen molar-refractivity contribution in [2.24, 2.45) is 0 Å². The minimum Gasteiger partial charge on any atom is -0.504 e. The molecule has 0 saturated carbocycles. The van der Waals surface area contributed by atoms with Gasteiger partial charge in [0.25, 0.3) is 0 Å². The summed E-state index contributed by atoms with van der Waals surface area (Å²) in [7, 11) is 2.90. The lowest BCUT2D eigenvalue weighted by atomic mass is 9.84. The second kappa shape index (κ2) is 8.15. The Kier molecular flexibility index (Phi) is 5.13. The normalized spacial score (nSPS) is 17.6. The molecule has 5 rings (SSSR count). The van der Waals surface area contributed by atoms with Gasteiger partial charge in [-0.1, -0.05) is 12.1 Å². The molecule has 0 bridgehead atoms. The third-order valence-corrected chi connectivity index (χ3v) is 5.89. The molecule has 2 aliphatic rings. The molecule has 0 spiro atoms. The largest absolute Gasteiger partial charge is 0.504 e. The van der Waals surface area contributed by atoms with Crippen LogP contribution in [0.15, 0.2) is 54.3 Å². The molecule has 0 aliphatic carbocycles. The van der Waals surface area contributed by atoms with Crippen LogP contribution in [0.3, 0.4) is 0 Å². The number of fused-ring (bicyclic) bond motifs is 3. The van der Waals surface area contributed by atoms with Gasteiger partial charge in [0.05, 0.1) is 26.2 Å². The molecule has 0 radical (unpaired) electrons. The van der Waals surface area contributed by atoms with Crippen LogP contribution in [0.5, 0.6) is 34.5 Å². The Balaban J connectivity index is 1.58. The standard InChI is InChI=1S/C26H20O8/c1-31-19-6-3-13(9-17(19)27)10-22-25(30)15-5-8-21-24(26(15)34-22)16(12-23(29)33-21)14-4-7-20(32-2)18(28)11-14/h3-11,16,27-28H,12H2,1-2H3. The summed E-state index contributed by atoms with van der Waals surface area (Å²) in [5.41, 5.74) is 2.09. The number of hydrogen-bond acceptors (Lipinski definition) is 8. The molecule has 8 nitrogen and oxygen atoms in total. The fraction of sp³-hybridized carbons (Fsp3) is 0.154. The molecule has 172 valence electrons. The maximum Gasteiger partial charge on any atom is 0.312 e. The number of methoxy groups -OCH3 is 2. The lowest BCUT2D eigenvalue weighted by Gasteiger charge is -2.26. The second-order valence-corrected chi connectivity index (χ2v) is 7.89. The number of esters is 1. The van der Waals surface area contributed by atoms with Gasteiger partial charge in [-0.15, -0.1) is 0 Å². The fourth-order valence-corrected chi connectivity index (χ4v) is 4.26. The highest BCUT2D eigenvalue weighted by molar-refractivity contribution is 6.15. The number of carbonyl (C=O) groups is 2. The van der Waals surface area contributed by atoms with E-state index >= 15 is 0 Å². The molecule has 0 amide bonds. The van der Waals surface area contributed by atoms with Crippen molar-refractivity contribution in [1.29, 1.82) is 0 Å². The van der Waals surface area contributed by atoms with Crippen LogP contribution >= 0.6 is 0 Å². The number of allylic oxidation sites excluding steroid dienone is 1. The quantitative estimate of drug-likeness (QED) is 0.339. The Labute approximate surface area is 194 Å². The van der Waals surface area contributed by atoms with Crippen molar-refractivity contribution in [3.8, 4) is 34.5 Å². The number of rotatable bonds is 4. The van der Waals surface area contributed by atoms with Crippen molar-refractivity contribution in [2.75, 3.05) is 14.2 Å². The smallest absolute Gasteiger partial charge is 0.312 e. The molecule has 34 heavy (non-hydrogen) atoms. The van der Waals surface area contributed by atoms with Gasteiger partial charge < -0.3 is 29.2 Å². The Morgan fingerprint density at radius 1 is 0.912 bits per heavy atom. The van der Waals surface area contributed by atoms with Gasteiger partial charge >= 0.3 is 5.97 Å². The van der Waals surface area contributed by atoms with Crippen molar-refractivity contribution in [1.82, 2.24) is 0 Å². The minimum absolute atomic E-state index is 0.0121. The van der Waals surface area contributed by atoms with Gasteiger partial charge in [-0.05, 0) is 53.6 Å². The molecule has 3 aromatic carbocycles. The Morgan fingerprint density at radius 3 is 2.29 bits per heavy atom. The molecule has 1 atom stereocenters. The SMILES string of the molecule is COc1ccc(C=C2Oc3c(ccc4c3C(c3ccc(OC)c(O)c3)CC(=O)O4)C2=O)cc1O. The molecule has 2 N–H and O–H groups in total. The van der Waals surface area contributed by atoms with Gasteiger partial charge in [-0.25, -0.2) is 0 Å². The maximum atomic E-state index is 13.1. The summed E-state index contributed by atoms with van der Waals surface area (Å²) in [6, 6.07) is 12.8. The summed E-state index contributed by atoms with van der Waals surface area (Å²) < 4.78 is 21.6. The number of ketones is 1. The number of benzene rings is 3. The molecule has 8 heteroatoms. The third-order valence-electron chi connectivity index (χ3n) is 5.89.